The molecule has 1 unspecified atom stereocenters. The van der Waals surface area contributed by atoms with Crippen molar-refractivity contribution in [2.24, 2.45) is 5.92 Å². The van der Waals surface area contributed by atoms with Gasteiger partial charge in [0.05, 0.1) is 16.8 Å². The summed E-state index contributed by atoms with van der Waals surface area (Å²) in [7, 11) is 0. The van der Waals surface area contributed by atoms with Gasteiger partial charge in [-0.15, -0.1) is 0 Å². The number of nitrogens with one attached hydrogen (secondary N) is 1. The van der Waals surface area contributed by atoms with Crippen LogP contribution in [0.1, 0.15) is 6.92 Å². The maximum Gasteiger partial charge on any atom is 0.156 e. The van der Waals surface area contributed by atoms with Gasteiger partial charge >= 0.3 is 0 Å². The quantitative estimate of drug-likeness (QED) is 0.755. The molecule has 0 radical (unpaired) electrons. The molecule has 1 aliphatic heterocycles. The Morgan fingerprint density at radius 2 is 2.38 bits per heavy atom. The fourth-order valence-corrected chi connectivity index (χ4v) is 1.84. The predicted octanol–water partition coefficient (Wildman–Crippen LogP) is 2.89. The van der Waals surface area contributed by atoms with Crippen LogP contribution in [0, 0.1) is 5.92 Å². The molecule has 13 heavy (non-hydrogen) atoms. The van der Waals surface area contributed by atoms with E-state index in [0.29, 0.717) is 5.92 Å². The number of benzene rings is 1. The molecule has 1 heterocycles. The van der Waals surface area contributed by atoms with Crippen molar-refractivity contribution in [2.75, 3.05) is 18.5 Å². The van der Waals surface area contributed by atoms with Gasteiger partial charge in [-0.3, -0.25) is 0 Å². The van der Waals surface area contributed by atoms with Crippen molar-refractivity contribution in [3.8, 4) is 5.75 Å². The zero-order valence-electron chi connectivity index (χ0n) is 7.51. The summed E-state index contributed by atoms with van der Waals surface area (Å²) < 4.78 is 6.70. The summed E-state index contributed by atoms with van der Waals surface area (Å²) in [5.41, 5.74) is 1.08. The van der Waals surface area contributed by atoms with Crippen LogP contribution in [0.4, 0.5) is 5.69 Å². The van der Waals surface area contributed by atoms with E-state index in [1.54, 1.807) is 0 Å². The maximum absolute atomic E-state index is 5.68. The molecule has 3 heteroatoms. The Hall–Kier alpha value is -0.700. The van der Waals surface area contributed by atoms with Crippen molar-refractivity contribution in [3.05, 3.63) is 22.7 Å². The van der Waals surface area contributed by atoms with E-state index in [-0.39, 0.29) is 0 Å². The smallest absolute Gasteiger partial charge is 0.156 e. The molecule has 1 aromatic rings. The SMILES string of the molecule is CC1CNc2cccc(Br)c2OC1. The number of hydrogen-bond donors (Lipinski definition) is 1. The first-order valence-electron chi connectivity index (χ1n) is 4.42. The average Bonchev–Trinajstić information content (AvgIpc) is 2.30. The Balaban J connectivity index is 2.35. The van der Waals surface area contributed by atoms with Crippen LogP contribution in [0.5, 0.6) is 5.75 Å². The van der Waals surface area contributed by atoms with Crippen LogP contribution in [0.15, 0.2) is 22.7 Å². The third-order valence-electron chi connectivity index (χ3n) is 2.12. The zero-order chi connectivity index (χ0) is 9.26. The normalized spacial score (nSPS) is 20.9. The van der Waals surface area contributed by atoms with Gasteiger partial charge in [0.1, 0.15) is 0 Å². The maximum atomic E-state index is 5.68. The first kappa shape index (κ1) is 8.88. The van der Waals surface area contributed by atoms with Gasteiger partial charge in [0.25, 0.3) is 0 Å². The van der Waals surface area contributed by atoms with Gasteiger partial charge in [0.2, 0.25) is 0 Å². The number of rotatable bonds is 0. The summed E-state index contributed by atoms with van der Waals surface area (Å²) in [6, 6.07) is 6.05. The molecule has 0 saturated heterocycles. The summed E-state index contributed by atoms with van der Waals surface area (Å²) in [6.07, 6.45) is 0. The van der Waals surface area contributed by atoms with Gasteiger partial charge in [0, 0.05) is 12.5 Å². The Kier molecular flexibility index (Phi) is 2.44. The highest BCUT2D eigenvalue weighted by molar-refractivity contribution is 9.10. The minimum absolute atomic E-state index is 0.555. The van der Waals surface area contributed by atoms with Crippen LogP contribution in [-0.4, -0.2) is 13.2 Å². The molecule has 0 bridgehead atoms. The van der Waals surface area contributed by atoms with Crippen LogP contribution >= 0.6 is 15.9 Å². The molecule has 0 saturated carbocycles. The molecule has 70 valence electrons. The molecule has 2 rings (SSSR count). The van der Waals surface area contributed by atoms with E-state index in [1.165, 1.54) is 0 Å². The second kappa shape index (κ2) is 3.58. The third kappa shape index (κ3) is 1.80. The topological polar surface area (TPSA) is 21.3 Å². The Bertz CT molecular complexity index is 314. The molecule has 1 N–H and O–H groups in total. The molecule has 0 aliphatic carbocycles. The van der Waals surface area contributed by atoms with Crippen molar-refractivity contribution < 1.29 is 4.74 Å². The Morgan fingerprint density at radius 3 is 3.23 bits per heavy atom. The van der Waals surface area contributed by atoms with E-state index in [0.717, 1.165) is 29.1 Å². The standard InChI is InChI=1S/C10H12BrNO/c1-7-5-12-9-4-2-3-8(11)10(9)13-6-7/h2-4,7,12H,5-6H2,1H3. The van der Waals surface area contributed by atoms with E-state index in [2.05, 4.69) is 28.2 Å². The summed E-state index contributed by atoms with van der Waals surface area (Å²) in [6.45, 7) is 3.93. The summed E-state index contributed by atoms with van der Waals surface area (Å²) in [5.74, 6) is 1.49. The van der Waals surface area contributed by atoms with E-state index in [9.17, 15) is 0 Å². The fraction of sp³-hybridized carbons (Fsp3) is 0.400. The highest BCUT2D eigenvalue weighted by atomic mass is 79.9. The molecule has 1 atom stereocenters. The number of anilines is 1. The molecule has 0 aromatic heterocycles. The molecule has 1 aromatic carbocycles. The minimum atomic E-state index is 0.555. The number of halogens is 1. The lowest BCUT2D eigenvalue weighted by Gasteiger charge is -2.08. The molecular weight excluding hydrogens is 230 g/mol. The average molecular weight is 242 g/mol. The van der Waals surface area contributed by atoms with Gasteiger partial charge in [-0.2, -0.15) is 0 Å². The molecule has 2 nitrogen and oxygen atoms in total. The number of fused-ring (bicyclic) bond motifs is 1. The second-order valence-corrected chi connectivity index (χ2v) is 4.27. The second-order valence-electron chi connectivity index (χ2n) is 3.41. The molecular formula is C10H12BrNO. The van der Waals surface area contributed by atoms with Crippen molar-refractivity contribution in [1.82, 2.24) is 0 Å². The lowest BCUT2D eigenvalue weighted by atomic mass is 10.2. The van der Waals surface area contributed by atoms with E-state index < -0.39 is 0 Å². The first-order chi connectivity index (χ1) is 6.27. The number of ether oxygens (including phenoxy) is 1. The number of hydrogen-bond acceptors (Lipinski definition) is 2. The van der Waals surface area contributed by atoms with Gasteiger partial charge in [0.15, 0.2) is 5.75 Å². The highest BCUT2D eigenvalue weighted by Crippen LogP contribution is 2.34. The predicted molar refractivity (Wildman–Crippen MR) is 57.3 cm³/mol. The first-order valence-corrected chi connectivity index (χ1v) is 5.22. The van der Waals surface area contributed by atoms with Crippen molar-refractivity contribution >= 4 is 21.6 Å². The van der Waals surface area contributed by atoms with E-state index in [4.69, 9.17) is 4.74 Å². The van der Waals surface area contributed by atoms with Crippen molar-refractivity contribution in [3.63, 3.8) is 0 Å². The van der Waals surface area contributed by atoms with Crippen LogP contribution in [0.2, 0.25) is 0 Å². The van der Waals surface area contributed by atoms with Gasteiger partial charge in [-0.05, 0) is 28.1 Å². The molecule has 1 aliphatic rings. The lowest BCUT2D eigenvalue weighted by molar-refractivity contribution is 0.274. The summed E-state index contributed by atoms with van der Waals surface area (Å²) in [5, 5.41) is 3.36. The Labute approximate surface area is 86.4 Å². The lowest BCUT2D eigenvalue weighted by Crippen LogP contribution is -2.13. The highest BCUT2D eigenvalue weighted by Gasteiger charge is 2.14. The van der Waals surface area contributed by atoms with Crippen LogP contribution in [0.25, 0.3) is 0 Å². The zero-order valence-corrected chi connectivity index (χ0v) is 9.10. The molecule has 0 fully saturated rings. The van der Waals surface area contributed by atoms with Gasteiger partial charge in [-0.1, -0.05) is 13.0 Å². The van der Waals surface area contributed by atoms with Crippen LogP contribution < -0.4 is 10.1 Å². The third-order valence-corrected chi connectivity index (χ3v) is 2.74. The van der Waals surface area contributed by atoms with Crippen LogP contribution in [0.3, 0.4) is 0 Å². The van der Waals surface area contributed by atoms with E-state index >= 15 is 0 Å². The Morgan fingerprint density at radius 1 is 1.54 bits per heavy atom. The molecule has 0 spiro atoms. The minimum Gasteiger partial charge on any atom is -0.490 e. The summed E-state index contributed by atoms with van der Waals surface area (Å²) >= 11 is 3.47. The molecule has 0 amide bonds. The largest absolute Gasteiger partial charge is 0.490 e. The van der Waals surface area contributed by atoms with Crippen molar-refractivity contribution in [2.45, 2.75) is 6.92 Å². The fourth-order valence-electron chi connectivity index (χ4n) is 1.36. The van der Waals surface area contributed by atoms with Crippen LogP contribution in [-0.2, 0) is 0 Å². The van der Waals surface area contributed by atoms with Crippen molar-refractivity contribution in [1.29, 1.82) is 0 Å². The van der Waals surface area contributed by atoms with Gasteiger partial charge < -0.3 is 10.1 Å². The van der Waals surface area contributed by atoms with E-state index in [1.807, 2.05) is 18.2 Å². The number of para-hydroxylation sites is 1. The van der Waals surface area contributed by atoms with Gasteiger partial charge in [-0.25, -0.2) is 0 Å². The summed E-state index contributed by atoms with van der Waals surface area (Å²) in [4.78, 5) is 0. The monoisotopic (exact) mass is 241 g/mol.